The molecule has 0 amide bonds. The summed E-state index contributed by atoms with van der Waals surface area (Å²) >= 11 is 0. The minimum absolute atomic E-state index is 0.194. The predicted molar refractivity (Wildman–Crippen MR) is 69.7 cm³/mol. The van der Waals surface area contributed by atoms with E-state index in [1.165, 1.54) is 0 Å². The summed E-state index contributed by atoms with van der Waals surface area (Å²) < 4.78 is 5.60. The molecule has 17 heavy (non-hydrogen) atoms. The Hall–Kier alpha value is -0.900. The van der Waals surface area contributed by atoms with Crippen molar-refractivity contribution in [2.45, 2.75) is 45.6 Å². The van der Waals surface area contributed by atoms with E-state index in [2.05, 4.69) is 5.32 Å². The molecule has 3 nitrogen and oxygen atoms in total. The van der Waals surface area contributed by atoms with E-state index in [-0.39, 0.29) is 11.6 Å². The van der Waals surface area contributed by atoms with Crippen LogP contribution in [0.3, 0.4) is 0 Å². The lowest BCUT2D eigenvalue weighted by atomic mass is 10.1. The highest BCUT2D eigenvalue weighted by Crippen LogP contribution is 2.21. The summed E-state index contributed by atoms with van der Waals surface area (Å²) in [7, 11) is 0. The van der Waals surface area contributed by atoms with E-state index in [0.29, 0.717) is 0 Å². The molecule has 0 saturated carbocycles. The number of rotatable bonds is 5. The number of hydrogen-bond donors (Lipinski definition) is 2. The van der Waals surface area contributed by atoms with Crippen LogP contribution >= 0.6 is 0 Å². The minimum Gasteiger partial charge on any atom is -0.366 e. The summed E-state index contributed by atoms with van der Waals surface area (Å²) in [6.45, 7) is 8.60. The zero-order valence-corrected chi connectivity index (χ0v) is 11.1. The van der Waals surface area contributed by atoms with Gasteiger partial charge in [0.05, 0.1) is 11.6 Å². The SMILES string of the molecule is CCNC(c1ccccc1)C(O)OC(C)(C)C. The van der Waals surface area contributed by atoms with Crippen LogP contribution in [0.5, 0.6) is 0 Å². The van der Waals surface area contributed by atoms with Gasteiger partial charge < -0.3 is 15.2 Å². The third kappa shape index (κ3) is 4.86. The lowest BCUT2D eigenvalue weighted by molar-refractivity contribution is -0.181. The van der Waals surface area contributed by atoms with Crippen molar-refractivity contribution >= 4 is 0 Å². The fourth-order valence-corrected chi connectivity index (χ4v) is 1.69. The molecule has 0 heterocycles. The molecule has 2 unspecified atom stereocenters. The Balaban J connectivity index is 2.79. The topological polar surface area (TPSA) is 41.5 Å². The van der Waals surface area contributed by atoms with Crippen LogP contribution in [0.1, 0.15) is 39.3 Å². The normalized spacial score (nSPS) is 15.6. The van der Waals surface area contributed by atoms with E-state index in [1.54, 1.807) is 0 Å². The summed E-state index contributed by atoms with van der Waals surface area (Å²) in [4.78, 5) is 0. The monoisotopic (exact) mass is 237 g/mol. The van der Waals surface area contributed by atoms with Gasteiger partial charge in [-0.2, -0.15) is 0 Å². The van der Waals surface area contributed by atoms with Gasteiger partial charge in [-0.1, -0.05) is 37.3 Å². The molecule has 0 aliphatic rings. The number of hydrogen-bond acceptors (Lipinski definition) is 3. The molecule has 0 fully saturated rings. The number of nitrogens with one attached hydrogen (secondary N) is 1. The summed E-state index contributed by atoms with van der Waals surface area (Å²) in [5.74, 6) is 0. The molecule has 0 radical (unpaired) electrons. The number of ether oxygens (including phenoxy) is 1. The number of aliphatic hydroxyl groups excluding tert-OH is 1. The Morgan fingerprint density at radius 2 is 1.82 bits per heavy atom. The largest absolute Gasteiger partial charge is 0.366 e. The van der Waals surface area contributed by atoms with Gasteiger partial charge in [0.25, 0.3) is 0 Å². The zero-order valence-electron chi connectivity index (χ0n) is 11.1. The van der Waals surface area contributed by atoms with Crippen LogP contribution in [-0.2, 0) is 4.74 Å². The fourth-order valence-electron chi connectivity index (χ4n) is 1.69. The third-order valence-corrected chi connectivity index (χ3v) is 2.34. The van der Waals surface area contributed by atoms with Gasteiger partial charge in [0, 0.05) is 0 Å². The number of likely N-dealkylation sites (N-methyl/N-ethyl adjacent to an activating group) is 1. The van der Waals surface area contributed by atoms with Crippen molar-refractivity contribution in [3.8, 4) is 0 Å². The highest BCUT2D eigenvalue weighted by Gasteiger charge is 2.25. The van der Waals surface area contributed by atoms with Gasteiger partial charge >= 0.3 is 0 Å². The maximum atomic E-state index is 10.1. The molecule has 1 aromatic carbocycles. The number of benzene rings is 1. The van der Waals surface area contributed by atoms with Crippen molar-refractivity contribution in [3.63, 3.8) is 0 Å². The minimum atomic E-state index is -0.850. The lowest BCUT2D eigenvalue weighted by Gasteiger charge is -2.30. The fraction of sp³-hybridized carbons (Fsp3) is 0.571. The molecule has 3 heteroatoms. The summed E-state index contributed by atoms with van der Waals surface area (Å²) in [6.07, 6.45) is -0.850. The Morgan fingerprint density at radius 1 is 1.24 bits per heavy atom. The first-order valence-corrected chi connectivity index (χ1v) is 6.08. The second kappa shape index (κ2) is 6.15. The Morgan fingerprint density at radius 3 is 2.29 bits per heavy atom. The van der Waals surface area contributed by atoms with Gasteiger partial charge in [-0.15, -0.1) is 0 Å². The average molecular weight is 237 g/mol. The number of aliphatic hydroxyl groups is 1. The molecular weight excluding hydrogens is 214 g/mol. The Kier molecular flexibility index (Phi) is 5.12. The predicted octanol–water partition coefficient (Wildman–Crippen LogP) is 2.47. The smallest absolute Gasteiger partial charge is 0.174 e. The molecule has 0 saturated heterocycles. The van der Waals surface area contributed by atoms with Crippen molar-refractivity contribution in [1.82, 2.24) is 5.32 Å². The Bertz CT molecular complexity index is 319. The zero-order chi connectivity index (χ0) is 12.9. The van der Waals surface area contributed by atoms with Crippen LogP contribution in [-0.4, -0.2) is 23.5 Å². The van der Waals surface area contributed by atoms with E-state index in [1.807, 2.05) is 58.0 Å². The molecular formula is C14H23NO2. The summed E-state index contributed by atoms with van der Waals surface area (Å²) in [5.41, 5.74) is 0.674. The molecule has 0 bridgehead atoms. The van der Waals surface area contributed by atoms with Crippen LogP contribution in [0.4, 0.5) is 0 Å². The molecule has 1 aromatic rings. The molecule has 2 N–H and O–H groups in total. The standard InChI is InChI=1S/C14H23NO2/c1-5-15-12(11-9-7-6-8-10-11)13(16)17-14(2,3)4/h6-10,12-13,15-16H,5H2,1-4H3. The van der Waals surface area contributed by atoms with Gasteiger partial charge in [-0.05, 0) is 32.9 Å². The van der Waals surface area contributed by atoms with E-state index < -0.39 is 6.29 Å². The van der Waals surface area contributed by atoms with Gasteiger partial charge in [0.15, 0.2) is 6.29 Å². The molecule has 0 aromatic heterocycles. The molecule has 2 atom stereocenters. The average Bonchev–Trinajstić information content (AvgIpc) is 2.24. The van der Waals surface area contributed by atoms with Crippen LogP contribution in [0, 0.1) is 0 Å². The van der Waals surface area contributed by atoms with Gasteiger partial charge in [0.1, 0.15) is 0 Å². The van der Waals surface area contributed by atoms with Crippen molar-refractivity contribution in [3.05, 3.63) is 35.9 Å². The molecule has 0 spiro atoms. The van der Waals surface area contributed by atoms with Crippen molar-refractivity contribution in [2.24, 2.45) is 0 Å². The van der Waals surface area contributed by atoms with Crippen molar-refractivity contribution in [1.29, 1.82) is 0 Å². The van der Waals surface area contributed by atoms with Crippen LogP contribution in [0.25, 0.3) is 0 Å². The maximum Gasteiger partial charge on any atom is 0.174 e. The van der Waals surface area contributed by atoms with Crippen LogP contribution in [0.15, 0.2) is 30.3 Å². The first-order valence-electron chi connectivity index (χ1n) is 6.08. The molecule has 0 aliphatic carbocycles. The quantitative estimate of drug-likeness (QED) is 0.773. The highest BCUT2D eigenvalue weighted by molar-refractivity contribution is 5.19. The van der Waals surface area contributed by atoms with Crippen LogP contribution in [0.2, 0.25) is 0 Å². The first-order chi connectivity index (χ1) is 7.94. The summed E-state index contributed by atoms with van der Waals surface area (Å²) in [5, 5.41) is 13.4. The summed E-state index contributed by atoms with van der Waals surface area (Å²) in [6, 6.07) is 9.67. The van der Waals surface area contributed by atoms with E-state index in [4.69, 9.17) is 4.74 Å². The van der Waals surface area contributed by atoms with Crippen LogP contribution < -0.4 is 5.32 Å². The molecule has 1 rings (SSSR count). The van der Waals surface area contributed by atoms with Gasteiger partial charge in [-0.3, -0.25) is 0 Å². The second-order valence-electron chi connectivity index (χ2n) is 5.07. The molecule has 96 valence electrons. The van der Waals surface area contributed by atoms with Crippen molar-refractivity contribution < 1.29 is 9.84 Å². The molecule has 0 aliphatic heterocycles. The van der Waals surface area contributed by atoms with Crippen molar-refractivity contribution in [2.75, 3.05) is 6.54 Å². The first kappa shape index (κ1) is 14.2. The van der Waals surface area contributed by atoms with E-state index in [0.717, 1.165) is 12.1 Å². The second-order valence-corrected chi connectivity index (χ2v) is 5.07. The maximum absolute atomic E-state index is 10.1. The Labute approximate surface area is 104 Å². The van der Waals surface area contributed by atoms with E-state index in [9.17, 15) is 5.11 Å². The van der Waals surface area contributed by atoms with Gasteiger partial charge in [0.2, 0.25) is 0 Å². The highest BCUT2D eigenvalue weighted by atomic mass is 16.6. The van der Waals surface area contributed by atoms with E-state index >= 15 is 0 Å². The van der Waals surface area contributed by atoms with Gasteiger partial charge in [-0.25, -0.2) is 0 Å². The lowest BCUT2D eigenvalue weighted by Crippen LogP contribution is -2.38. The third-order valence-electron chi connectivity index (χ3n) is 2.34.